The number of amides is 2. The van der Waals surface area contributed by atoms with E-state index in [9.17, 15) is 9.59 Å². The van der Waals surface area contributed by atoms with E-state index in [0.29, 0.717) is 26.1 Å². The van der Waals surface area contributed by atoms with Crippen LogP contribution in [0.2, 0.25) is 0 Å². The van der Waals surface area contributed by atoms with Crippen molar-refractivity contribution in [1.29, 1.82) is 0 Å². The van der Waals surface area contributed by atoms with Gasteiger partial charge in [-0.2, -0.15) is 0 Å². The van der Waals surface area contributed by atoms with E-state index in [1.807, 2.05) is 51.1 Å². The molecule has 1 aromatic rings. The third-order valence-corrected chi connectivity index (χ3v) is 4.35. The van der Waals surface area contributed by atoms with Gasteiger partial charge < -0.3 is 15.0 Å². The van der Waals surface area contributed by atoms with Crippen molar-refractivity contribution in [2.45, 2.75) is 45.8 Å². The number of hydrogen-bond donors (Lipinski definition) is 1. The minimum Gasteiger partial charge on any atom is -0.379 e. The molecule has 1 aliphatic rings. The molecule has 0 spiro atoms. The van der Waals surface area contributed by atoms with Crippen LogP contribution in [0, 0.1) is 5.92 Å². The average Bonchev–Trinajstić information content (AvgIpc) is 2.96. The van der Waals surface area contributed by atoms with Crippen molar-refractivity contribution in [3.05, 3.63) is 35.9 Å². The van der Waals surface area contributed by atoms with Gasteiger partial charge in [0.2, 0.25) is 11.8 Å². The molecular weight excluding hydrogens is 304 g/mol. The van der Waals surface area contributed by atoms with Crippen LogP contribution in [0.3, 0.4) is 0 Å². The van der Waals surface area contributed by atoms with Gasteiger partial charge >= 0.3 is 0 Å². The predicted octanol–water partition coefficient (Wildman–Crippen LogP) is 2.53. The summed E-state index contributed by atoms with van der Waals surface area (Å²) in [7, 11) is 0. The second-order valence-corrected chi connectivity index (χ2v) is 6.60. The lowest BCUT2D eigenvalue weighted by Gasteiger charge is -2.25. The first kappa shape index (κ1) is 18.5. The molecule has 2 amide bonds. The van der Waals surface area contributed by atoms with Gasteiger partial charge in [-0.05, 0) is 32.8 Å². The summed E-state index contributed by atoms with van der Waals surface area (Å²) in [6.45, 7) is 7.71. The van der Waals surface area contributed by atoms with E-state index in [4.69, 9.17) is 4.74 Å². The van der Waals surface area contributed by atoms with E-state index < -0.39 is 0 Å². The SMILES string of the molecule is CC(C)OCCCNC(=O)[C@H]1CC(=O)N([C@@H](C)c2ccccc2)C1. The molecule has 1 aromatic carbocycles. The molecule has 1 aliphatic heterocycles. The van der Waals surface area contributed by atoms with Crippen LogP contribution in [-0.4, -0.2) is 42.5 Å². The van der Waals surface area contributed by atoms with E-state index in [0.717, 1.165) is 12.0 Å². The molecular formula is C19H28N2O3. The van der Waals surface area contributed by atoms with Crippen molar-refractivity contribution in [3.8, 4) is 0 Å². The Hall–Kier alpha value is -1.88. The van der Waals surface area contributed by atoms with E-state index in [1.165, 1.54) is 0 Å². The lowest BCUT2D eigenvalue weighted by Crippen LogP contribution is -2.34. The van der Waals surface area contributed by atoms with Gasteiger partial charge in [0, 0.05) is 26.1 Å². The van der Waals surface area contributed by atoms with Crippen molar-refractivity contribution in [2.24, 2.45) is 5.92 Å². The molecule has 5 heteroatoms. The number of carbonyl (C=O) groups is 2. The van der Waals surface area contributed by atoms with Gasteiger partial charge in [-0.25, -0.2) is 0 Å². The highest BCUT2D eigenvalue weighted by Crippen LogP contribution is 2.28. The van der Waals surface area contributed by atoms with E-state index in [-0.39, 0.29) is 29.9 Å². The topological polar surface area (TPSA) is 58.6 Å². The summed E-state index contributed by atoms with van der Waals surface area (Å²) in [5.74, 6) is -0.236. The van der Waals surface area contributed by atoms with Crippen molar-refractivity contribution >= 4 is 11.8 Å². The van der Waals surface area contributed by atoms with Gasteiger partial charge in [-0.1, -0.05) is 30.3 Å². The number of rotatable bonds is 8. The Balaban J connectivity index is 1.80. The number of carbonyl (C=O) groups excluding carboxylic acids is 2. The number of ether oxygens (including phenoxy) is 1. The van der Waals surface area contributed by atoms with Gasteiger partial charge in [0.15, 0.2) is 0 Å². The largest absolute Gasteiger partial charge is 0.379 e. The lowest BCUT2D eigenvalue weighted by molar-refractivity contribution is -0.130. The molecule has 2 atom stereocenters. The number of nitrogens with one attached hydrogen (secondary N) is 1. The van der Waals surface area contributed by atoms with Crippen LogP contribution in [0.25, 0.3) is 0 Å². The number of benzene rings is 1. The minimum atomic E-state index is -0.255. The number of likely N-dealkylation sites (tertiary alicyclic amines) is 1. The molecule has 5 nitrogen and oxygen atoms in total. The van der Waals surface area contributed by atoms with Gasteiger partial charge in [-0.15, -0.1) is 0 Å². The zero-order valence-corrected chi connectivity index (χ0v) is 14.8. The second kappa shape index (κ2) is 8.83. The van der Waals surface area contributed by atoms with Crippen LogP contribution in [-0.2, 0) is 14.3 Å². The molecule has 1 N–H and O–H groups in total. The third kappa shape index (κ3) is 5.06. The second-order valence-electron chi connectivity index (χ2n) is 6.60. The zero-order valence-electron chi connectivity index (χ0n) is 14.8. The van der Waals surface area contributed by atoms with Gasteiger partial charge in [0.25, 0.3) is 0 Å². The Kier molecular flexibility index (Phi) is 6.79. The van der Waals surface area contributed by atoms with E-state index >= 15 is 0 Å². The van der Waals surface area contributed by atoms with Crippen molar-refractivity contribution < 1.29 is 14.3 Å². The fourth-order valence-electron chi connectivity index (χ4n) is 2.94. The summed E-state index contributed by atoms with van der Waals surface area (Å²) in [5.41, 5.74) is 1.10. The first-order chi connectivity index (χ1) is 11.5. The normalized spacial score (nSPS) is 18.9. The fourth-order valence-corrected chi connectivity index (χ4v) is 2.94. The Morgan fingerprint density at radius 3 is 2.67 bits per heavy atom. The van der Waals surface area contributed by atoms with Crippen LogP contribution in [0.5, 0.6) is 0 Å². The maximum atomic E-state index is 12.3. The smallest absolute Gasteiger partial charge is 0.225 e. The van der Waals surface area contributed by atoms with Gasteiger partial charge in [0.05, 0.1) is 18.1 Å². The molecule has 0 unspecified atom stereocenters. The molecule has 24 heavy (non-hydrogen) atoms. The van der Waals surface area contributed by atoms with Crippen LogP contribution in [0.4, 0.5) is 0 Å². The summed E-state index contributed by atoms with van der Waals surface area (Å²) >= 11 is 0. The van der Waals surface area contributed by atoms with Crippen LogP contribution in [0.15, 0.2) is 30.3 Å². The highest BCUT2D eigenvalue weighted by atomic mass is 16.5. The summed E-state index contributed by atoms with van der Waals surface area (Å²) in [6.07, 6.45) is 1.29. The zero-order chi connectivity index (χ0) is 17.5. The molecule has 1 heterocycles. The Morgan fingerprint density at radius 2 is 2.00 bits per heavy atom. The van der Waals surface area contributed by atoms with Gasteiger partial charge in [0.1, 0.15) is 0 Å². The summed E-state index contributed by atoms with van der Waals surface area (Å²) in [5, 5.41) is 2.92. The molecule has 2 rings (SSSR count). The fraction of sp³-hybridized carbons (Fsp3) is 0.579. The number of nitrogens with zero attached hydrogens (tertiary/aromatic N) is 1. The molecule has 0 saturated carbocycles. The van der Waals surface area contributed by atoms with Gasteiger partial charge in [-0.3, -0.25) is 9.59 Å². The minimum absolute atomic E-state index is 0.00376. The lowest BCUT2D eigenvalue weighted by atomic mass is 10.1. The van der Waals surface area contributed by atoms with Crippen molar-refractivity contribution in [1.82, 2.24) is 10.2 Å². The standard InChI is InChI=1S/C19H28N2O3/c1-14(2)24-11-7-10-20-19(23)17-12-18(22)21(13-17)15(3)16-8-5-4-6-9-16/h4-6,8-9,14-15,17H,7,10-13H2,1-3H3,(H,20,23)/t15-,17-/m0/s1. The quantitative estimate of drug-likeness (QED) is 0.744. The first-order valence-electron chi connectivity index (χ1n) is 8.72. The predicted molar refractivity (Wildman–Crippen MR) is 93.4 cm³/mol. The number of hydrogen-bond acceptors (Lipinski definition) is 3. The van der Waals surface area contributed by atoms with E-state index in [2.05, 4.69) is 5.32 Å². The van der Waals surface area contributed by atoms with Crippen molar-refractivity contribution in [2.75, 3.05) is 19.7 Å². The Bertz CT molecular complexity index is 545. The van der Waals surface area contributed by atoms with Crippen LogP contribution in [0.1, 0.15) is 45.2 Å². The summed E-state index contributed by atoms with van der Waals surface area (Å²) < 4.78 is 5.45. The molecule has 0 aromatic heterocycles. The molecule has 1 fully saturated rings. The van der Waals surface area contributed by atoms with Crippen LogP contribution >= 0.6 is 0 Å². The Morgan fingerprint density at radius 1 is 1.29 bits per heavy atom. The van der Waals surface area contributed by atoms with Crippen LogP contribution < -0.4 is 5.32 Å². The molecule has 0 radical (unpaired) electrons. The van der Waals surface area contributed by atoms with Crippen molar-refractivity contribution in [3.63, 3.8) is 0 Å². The average molecular weight is 332 g/mol. The maximum Gasteiger partial charge on any atom is 0.225 e. The molecule has 0 aliphatic carbocycles. The van der Waals surface area contributed by atoms with E-state index in [1.54, 1.807) is 4.90 Å². The molecule has 0 bridgehead atoms. The third-order valence-electron chi connectivity index (χ3n) is 4.35. The monoisotopic (exact) mass is 332 g/mol. The highest BCUT2D eigenvalue weighted by Gasteiger charge is 2.36. The Labute approximate surface area is 144 Å². The highest BCUT2D eigenvalue weighted by molar-refractivity contribution is 5.89. The first-order valence-corrected chi connectivity index (χ1v) is 8.72. The molecule has 132 valence electrons. The maximum absolute atomic E-state index is 12.3. The molecule has 1 saturated heterocycles. The summed E-state index contributed by atoms with van der Waals surface area (Å²) in [6, 6.07) is 9.92. The summed E-state index contributed by atoms with van der Waals surface area (Å²) in [4.78, 5) is 26.3.